The van der Waals surface area contributed by atoms with Gasteiger partial charge in [-0.15, -0.1) is 11.3 Å². The quantitative estimate of drug-likeness (QED) is 0.738. The summed E-state index contributed by atoms with van der Waals surface area (Å²) in [5, 5.41) is 0. The Morgan fingerprint density at radius 2 is 1.94 bits per heavy atom. The fourth-order valence-corrected chi connectivity index (χ4v) is 5.57. The summed E-state index contributed by atoms with van der Waals surface area (Å²) in [7, 11) is -1.20. The van der Waals surface area contributed by atoms with Gasteiger partial charge in [0.15, 0.2) is 0 Å². The third-order valence-electron chi connectivity index (χ3n) is 2.52. The maximum Gasteiger partial charge on any atom is 0.0907 e. The number of rotatable bonds is 2. The molecule has 0 unspecified atom stereocenters. The number of pyridine rings is 1. The van der Waals surface area contributed by atoms with Gasteiger partial charge < -0.3 is 0 Å². The van der Waals surface area contributed by atoms with Crippen LogP contribution in [0.15, 0.2) is 30.5 Å². The lowest BCUT2D eigenvalue weighted by Crippen LogP contribution is -2.36. The lowest BCUT2D eigenvalue weighted by Gasteiger charge is -2.14. The monoisotopic (exact) mass is 247 g/mol. The molecule has 3 heteroatoms. The standard InChI is InChI=1S/C13H17NSSi/c1-10-9-12(11-7-5-6-8-14-11)15-13(10)16(2,3)4/h5-9H,1-4H3. The van der Waals surface area contributed by atoms with Crippen LogP contribution in [0.25, 0.3) is 10.6 Å². The van der Waals surface area contributed by atoms with Crippen LogP contribution in [-0.2, 0) is 0 Å². The van der Waals surface area contributed by atoms with E-state index >= 15 is 0 Å². The Morgan fingerprint density at radius 3 is 2.44 bits per heavy atom. The van der Waals surface area contributed by atoms with Crippen LogP contribution < -0.4 is 4.50 Å². The van der Waals surface area contributed by atoms with Gasteiger partial charge in [0.25, 0.3) is 0 Å². The Balaban J connectivity index is 2.47. The second-order valence-corrected chi connectivity index (χ2v) is 11.5. The van der Waals surface area contributed by atoms with Gasteiger partial charge in [0.1, 0.15) is 0 Å². The third-order valence-corrected chi connectivity index (χ3v) is 7.49. The molecule has 0 spiro atoms. The van der Waals surface area contributed by atoms with Gasteiger partial charge in [0, 0.05) is 6.20 Å². The first-order valence-corrected chi connectivity index (χ1v) is 9.82. The highest BCUT2D eigenvalue weighted by Gasteiger charge is 2.22. The van der Waals surface area contributed by atoms with Gasteiger partial charge in [-0.1, -0.05) is 25.7 Å². The Kier molecular flexibility index (Phi) is 2.99. The third kappa shape index (κ3) is 2.25. The van der Waals surface area contributed by atoms with E-state index in [4.69, 9.17) is 0 Å². The summed E-state index contributed by atoms with van der Waals surface area (Å²) in [5.41, 5.74) is 2.53. The van der Waals surface area contributed by atoms with E-state index in [9.17, 15) is 0 Å². The molecule has 0 bridgehead atoms. The highest BCUT2D eigenvalue weighted by Crippen LogP contribution is 2.25. The van der Waals surface area contributed by atoms with E-state index in [1.54, 1.807) is 4.50 Å². The van der Waals surface area contributed by atoms with E-state index in [0.717, 1.165) is 5.69 Å². The summed E-state index contributed by atoms with van der Waals surface area (Å²) in [5.74, 6) is 0. The maximum absolute atomic E-state index is 4.41. The summed E-state index contributed by atoms with van der Waals surface area (Å²) >= 11 is 1.92. The topological polar surface area (TPSA) is 12.9 Å². The molecule has 0 aromatic carbocycles. The maximum atomic E-state index is 4.41. The average Bonchev–Trinajstić information content (AvgIpc) is 2.61. The smallest absolute Gasteiger partial charge is 0.0907 e. The van der Waals surface area contributed by atoms with E-state index in [2.05, 4.69) is 43.7 Å². The van der Waals surface area contributed by atoms with E-state index < -0.39 is 8.07 Å². The van der Waals surface area contributed by atoms with Crippen molar-refractivity contribution < 1.29 is 0 Å². The number of hydrogen-bond acceptors (Lipinski definition) is 2. The van der Waals surface area contributed by atoms with E-state index in [1.165, 1.54) is 10.4 Å². The van der Waals surface area contributed by atoms with Crippen molar-refractivity contribution in [1.29, 1.82) is 0 Å². The Morgan fingerprint density at radius 1 is 1.19 bits per heavy atom. The van der Waals surface area contributed by atoms with Gasteiger partial charge in [-0.3, -0.25) is 4.98 Å². The highest BCUT2D eigenvalue weighted by atomic mass is 32.1. The molecule has 0 aliphatic rings. The average molecular weight is 247 g/mol. The molecule has 0 atom stereocenters. The molecule has 0 N–H and O–H groups in total. The van der Waals surface area contributed by atoms with E-state index in [-0.39, 0.29) is 0 Å². The molecule has 2 aromatic rings. The fraction of sp³-hybridized carbons (Fsp3) is 0.308. The molecule has 16 heavy (non-hydrogen) atoms. The van der Waals surface area contributed by atoms with Crippen molar-refractivity contribution in [2.45, 2.75) is 26.6 Å². The summed E-state index contributed by atoms with van der Waals surface area (Å²) < 4.78 is 1.59. The zero-order valence-corrected chi connectivity index (χ0v) is 12.1. The second kappa shape index (κ2) is 4.15. The van der Waals surface area contributed by atoms with Crippen molar-refractivity contribution in [2.24, 2.45) is 0 Å². The Bertz CT molecular complexity index is 482. The van der Waals surface area contributed by atoms with Crippen molar-refractivity contribution in [1.82, 2.24) is 4.98 Å². The molecule has 0 amide bonds. The zero-order chi connectivity index (χ0) is 11.8. The predicted molar refractivity (Wildman–Crippen MR) is 75.3 cm³/mol. The normalized spacial score (nSPS) is 11.8. The molecule has 2 aromatic heterocycles. The lowest BCUT2D eigenvalue weighted by molar-refractivity contribution is 1.34. The van der Waals surface area contributed by atoms with Crippen LogP contribution in [0.5, 0.6) is 0 Å². The van der Waals surface area contributed by atoms with E-state index in [1.807, 2.05) is 29.7 Å². The molecule has 0 radical (unpaired) electrons. The van der Waals surface area contributed by atoms with Crippen LogP contribution in [-0.4, -0.2) is 13.1 Å². The zero-order valence-electron chi connectivity index (χ0n) is 10.2. The van der Waals surface area contributed by atoms with Gasteiger partial charge in [-0.2, -0.15) is 0 Å². The molecule has 2 heterocycles. The highest BCUT2D eigenvalue weighted by molar-refractivity contribution is 7.29. The summed E-state index contributed by atoms with van der Waals surface area (Å²) in [6.45, 7) is 9.41. The summed E-state index contributed by atoms with van der Waals surface area (Å²) in [6, 6.07) is 8.37. The van der Waals surface area contributed by atoms with Crippen LogP contribution in [0.2, 0.25) is 19.6 Å². The first-order valence-electron chi connectivity index (χ1n) is 5.51. The second-order valence-electron chi connectivity index (χ2n) is 5.09. The van der Waals surface area contributed by atoms with Crippen molar-refractivity contribution >= 4 is 23.9 Å². The number of aryl methyl sites for hydroxylation is 1. The van der Waals surface area contributed by atoms with Crippen LogP contribution in [0.1, 0.15) is 5.56 Å². The molecule has 0 aliphatic heterocycles. The number of nitrogens with zero attached hydrogens (tertiary/aromatic N) is 1. The number of thiophene rings is 1. The minimum Gasteiger partial charge on any atom is -0.255 e. The first-order chi connectivity index (χ1) is 7.48. The van der Waals surface area contributed by atoms with Crippen LogP contribution in [0, 0.1) is 6.92 Å². The summed E-state index contributed by atoms with van der Waals surface area (Å²) in [6.07, 6.45) is 1.86. The van der Waals surface area contributed by atoms with Crippen LogP contribution in [0.3, 0.4) is 0 Å². The van der Waals surface area contributed by atoms with Gasteiger partial charge in [0.05, 0.1) is 18.6 Å². The van der Waals surface area contributed by atoms with Crippen LogP contribution >= 0.6 is 11.3 Å². The van der Waals surface area contributed by atoms with Gasteiger partial charge in [-0.25, -0.2) is 0 Å². The van der Waals surface area contributed by atoms with Crippen LogP contribution in [0.4, 0.5) is 0 Å². The lowest BCUT2D eigenvalue weighted by atomic mass is 10.3. The predicted octanol–water partition coefficient (Wildman–Crippen LogP) is 3.66. The molecule has 2 rings (SSSR count). The Hall–Kier alpha value is -0.933. The molecule has 1 nitrogen and oxygen atoms in total. The fourth-order valence-electron chi connectivity index (χ4n) is 1.86. The SMILES string of the molecule is Cc1cc(-c2ccccn2)sc1[Si](C)(C)C. The molecule has 0 fully saturated rings. The minimum absolute atomic E-state index is 1.10. The molecule has 0 saturated heterocycles. The van der Waals surface area contributed by atoms with Gasteiger partial charge >= 0.3 is 0 Å². The summed E-state index contributed by atoms with van der Waals surface area (Å²) in [4.78, 5) is 5.71. The van der Waals surface area contributed by atoms with Crippen molar-refractivity contribution in [3.63, 3.8) is 0 Å². The van der Waals surface area contributed by atoms with Crippen molar-refractivity contribution in [3.05, 3.63) is 36.0 Å². The minimum atomic E-state index is -1.20. The number of hydrogen-bond donors (Lipinski definition) is 0. The van der Waals surface area contributed by atoms with Crippen molar-refractivity contribution in [2.75, 3.05) is 0 Å². The molecule has 84 valence electrons. The Labute approximate surface area is 102 Å². The first kappa shape index (κ1) is 11.5. The molecule has 0 saturated carbocycles. The number of aromatic nitrogens is 1. The van der Waals surface area contributed by atoms with Gasteiger partial charge in [-0.05, 0) is 35.2 Å². The molecular weight excluding hydrogens is 230 g/mol. The van der Waals surface area contributed by atoms with Gasteiger partial charge in [0.2, 0.25) is 0 Å². The van der Waals surface area contributed by atoms with Crippen molar-refractivity contribution in [3.8, 4) is 10.6 Å². The molecule has 0 aliphatic carbocycles. The van der Waals surface area contributed by atoms with E-state index in [0.29, 0.717) is 0 Å². The molecular formula is C13H17NSSi. The largest absolute Gasteiger partial charge is 0.255 e.